The number of ether oxygens (including phenoxy) is 1. The van der Waals surface area contributed by atoms with Crippen molar-refractivity contribution in [2.24, 2.45) is 0 Å². The topological polar surface area (TPSA) is 70.1 Å². The Balaban J connectivity index is 2.17. The van der Waals surface area contributed by atoms with Gasteiger partial charge < -0.3 is 10.5 Å². The minimum Gasteiger partial charge on any atom is -0.460 e. The first-order chi connectivity index (χ1) is 10.7. The summed E-state index contributed by atoms with van der Waals surface area (Å²) in [6.07, 6.45) is 0.242. The van der Waals surface area contributed by atoms with E-state index in [4.69, 9.17) is 10.5 Å². The lowest BCUT2D eigenvalue weighted by atomic mass is 10.1. The zero-order valence-electron chi connectivity index (χ0n) is 14.5. The normalized spacial score (nSPS) is 11.5. The van der Waals surface area contributed by atoms with Crippen LogP contribution in [0.25, 0.3) is 0 Å². The molecule has 5 nitrogen and oxygen atoms in total. The monoisotopic (exact) mass is 315 g/mol. The molecule has 0 radical (unpaired) electrons. The Kier molecular flexibility index (Phi) is 4.78. The van der Waals surface area contributed by atoms with Crippen molar-refractivity contribution in [2.45, 2.75) is 53.2 Å². The van der Waals surface area contributed by atoms with Crippen LogP contribution in [-0.4, -0.2) is 21.4 Å². The summed E-state index contributed by atoms with van der Waals surface area (Å²) < 4.78 is 7.31. The lowest BCUT2D eigenvalue weighted by Gasteiger charge is -2.19. The molecule has 124 valence electrons. The number of aryl methyl sites for hydroxylation is 1. The number of nitrogen functional groups attached to an aromatic ring is 1. The maximum Gasteiger partial charge on any atom is 0.310 e. The third kappa shape index (κ3) is 4.58. The van der Waals surface area contributed by atoms with E-state index in [-0.39, 0.29) is 12.4 Å². The molecule has 1 heterocycles. The van der Waals surface area contributed by atoms with Crippen LogP contribution < -0.4 is 5.73 Å². The van der Waals surface area contributed by atoms with Crippen LogP contribution in [0.2, 0.25) is 0 Å². The predicted octanol–water partition coefficient (Wildman–Crippen LogP) is 3.01. The summed E-state index contributed by atoms with van der Waals surface area (Å²) in [5.74, 6) is -0.229. The van der Waals surface area contributed by atoms with Gasteiger partial charge in [0.15, 0.2) is 0 Å². The van der Waals surface area contributed by atoms with Crippen LogP contribution in [-0.2, 0) is 22.5 Å². The standard InChI is InChI=1S/C18H25N3O2/c1-12-16(10-17(22)23-18(3,4)5)13(2)21(20-12)11-14-7-6-8-15(19)9-14/h6-9H,10-11,19H2,1-5H3. The van der Waals surface area contributed by atoms with Crippen molar-refractivity contribution in [3.8, 4) is 0 Å². The zero-order chi connectivity index (χ0) is 17.2. The van der Waals surface area contributed by atoms with Gasteiger partial charge in [0.2, 0.25) is 0 Å². The summed E-state index contributed by atoms with van der Waals surface area (Å²) in [5, 5.41) is 4.55. The molecule has 0 aliphatic rings. The van der Waals surface area contributed by atoms with Gasteiger partial charge in [0.05, 0.1) is 18.7 Å². The van der Waals surface area contributed by atoms with Crippen molar-refractivity contribution in [2.75, 3.05) is 5.73 Å². The number of carbonyl (C=O) groups is 1. The van der Waals surface area contributed by atoms with Crippen LogP contribution in [0.15, 0.2) is 24.3 Å². The molecule has 1 aromatic heterocycles. The number of anilines is 1. The molecular formula is C18H25N3O2. The van der Waals surface area contributed by atoms with Gasteiger partial charge in [0, 0.05) is 16.9 Å². The Bertz CT molecular complexity index is 712. The SMILES string of the molecule is Cc1nn(Cc2cccc(N)c2)c(C)c1CC(=O)OC(C)(C)C. The molecule has 0 unspecified atom stereocenters. The minimum absolute atomic E-state index is 0.229. The molecule has 2 aromatic rings. The molecule has 0 saturated heterocycles. The Morgan fingerprint density at radius 3 is 2.61 bits per heavy atom. The molecular weight excluding hydrogens is 290 g/mol. The van der Waals surface area contributed by atoms with E-state index in [9.17, 15) is 4.79 Å². The summed E-state index contributed by atoms with van der Waals surface area (Å²) in [4.78, 5) is 12.1. The highest BCUT2D eigenvalue weighted by molar-refractivity contribution is 5.73. The molecule has 2 rings (SSSR count). The highest BCUT2D eigenvalue weighted by Crippen LogP contribution is 2.18. The van der Waals surface area contributed by atoms with Crippen LogP contribution in [0, 0.1) is 13.8 Å². The molecule has 0 bridgehead atoms. The minimum atomic E-state index is -0.476. The fourth-order valence-corrected chi connectivity index (χ4v) is 2.53. The predicted molar refractivity (Wildman–Crippen MR) is 91.2 cm³/mol. The lowest BCUT2D eigenvalue weighted by Crippen LogP contribution is -2.25. The van der Waals surface area contributed by atoms with E-state index in [0.29, 0.717) is 6.54 Å². The fourth-order valence-electron chi connectivity index (χ4n) is 2.53. The maximum absolute atomic E-state index is 12.1. The van der Waals surface area contributed by atoms with Gasteiger partial charge in [0.25, 0.3) is 0 Å². The first-order valence-corrected chi connectivity index (χ1v) is 7.75. The average Bonchev–Trinajstić information content (AvgIpc) is 2.64. The van der Waals surface area contributed by atoms with E-state index in [2.05, 4.69) is 5.10 Å². The maximum atomic E-state index is 12.1. The van der Waals surface area contributed by atoms with Gasteiger partial charge in [-0.2, -0.15) is 5.10 Å². The van der Waals surface area contributed by atoms with E-state index in [1.54, 1.807) is 0 Å². The molecule has 0 aliphatic carbocycles. The third-order valence-corrected chi connectivity index (χ3v) is 3.56. The summed E-state index contributed by atoms with van der Waals surface area (Å²) in [7, 11) is 0. The van der Waals surface area contributed by atoms with E-state index in [0.717, 1.165) is 28.2 Å². The first-order valence-electron chi connectivity index (χ1n) is 7.75. The van der Waals surface area contributed by atoms with Crippen LogP contribution in [0.3, 0.4) is 0 Å². The van der Waals surface area contributed by atoms with Crippen molar-refractivity contribution in [1.29, 1.82) is 0 Å². The Morgan fingerprint density at radius 1 is 1.30 bits per heavy atom. The number of hydrogen-bond acceptors (Lipinski definition) is 4. The summed E-state index contributed by atoms with van der Waals surface area (Å²) in [5.41, 5.74) is 9.93. The van der Waals surface area contributed by atoms with Crippen LogP contribution in [0.5, 0.6) is 0 Å². The van der Waals surface area contributed by atoms with Crippen molar-refractivity contribution >= 4 is 11.7 Å². The second-order valence-corrected chi connectivity index (χ2v) is 6.82. The summed E-state index contributed by atoms with van der Waals surface area (Å²) >= 11 is 0. The van der Waals surface area contributed by atoms with Crippen molar-refractivity contribution in [3.63, 3.8) is 0 Å². The highest BCUT2D eigenvalue weighted by Gasteiger charge is 2.20. The van der Waals surface area contributed by atoms with E-state index >= 15 is 0 Å². The number of hydrogen-bond donors (Lipinski definition) is 1. The lowest BCUT2D eigenvalue weighted by molar-refractivity contribution is -0.153. The first kappa shape index (κ1) is 17.1. The molecule has 0 saturated carbocycles. The third-order valence-electron chi connectivity index (χ3n) is 3.56. The molecule has 1 aromatic carbocycles. The van der Waals surface area contributed by atoms with E-state index in [1.807, 2.05) is 63.6 Å². The Labute approximate surface area is 137 Å². The summed E-state index contributed by atoms with van der Waals surface area (Å²) in [6, 6.07) is 7.74. The van der Waals surface area contributed by atoms with E-state index < -0.39 is 5.60 Å². The van der Waals surface area contributed by atoms with Gasteiger partial charge >= 0.3 is 5.97 Å². The highest BCUT2D eigenvalue weighted by atomic mass is 16.6. The molecule has 0 amide bonds. The van der Waals surface area contributed by atoms with Gasteiger partial charge in [-0.05, 0) is 52.3 Å². The van der Waals surface area contributed by atoms with Gasteiger partial charge in [-0.25, -0.2) is 0 Å². The molecule has 5 heteroatoms. The van der Waals surface area contributed by atoms with Gasteiger partial charge in [-0.1, -0.05) is 12.1 Å². The number of nitrogens with zero attached hydrogens (tertiary/aromatic N) is 2. The van der Waals surface area contributed by atoms with Crippen molar-refractivity contribution in [3.05, 3.63) is 46.8 Å². The molecule has 23 heavy (non-hydrogen) atoms. The second kappa shape index (κ2) is 6.44. The van der Waals surface area contributed by atoms with Crippen LogP contribution in [0.1, 0.15) is 43.3 Å². The van der Waals surface area contributed by atoms with Crippen LogP contribution >= 0.6 is 0 Å². The fraction of sp³-hybridized carbons (Fsp3) is 0.444. The zero-order valence-corrected chi connectivity index (χ0v) is 14.5. The Hall–Kier alpha value is -2.30. The molecule has 0 spiro atoms. The molecule has 0 fully saturated rings. The summed E-state index contributed by atoms with van der Waals surface area (Å²) in [6.45, 7) is 10.1. The number of esters is 1. The smallest absolute Gasteiger partial charge is 0.310 e. The van der Waals surface area contributed by atoms with Gasteiger partial charge in [-0.15, -0.1) is 0 Å². The number of nitrogens with two attached hydrogens (primary N) is 1. The largest absolute Gasteiger partial charge is 0.460 e. The van der Waals surface area contributed by atoms with Crippen LogP contribution in [0.4, 0.5) is 5.69 Å². The number of benzene rings is 1. The molecule has 0 aliphatic heterocycles. The van der Waals surface area contributed by atoms with E-state index in [1.165, 1.54) is 0 Å². The average molecular weight is 315 g/mol. The molecule has 2 N–H and O–H groups in total. The van der Waals surface area contributed by atoms with Crippen molar-refractivity contribution in [1.82, 2.24) is 9.78 Å². The van der Waals surface area contributed by atoms with Gasteiger partial charge in [0.1, 0.15) is 5.60 Å². The second-order valence-electron chi connectivity index (χ2n) is 6.82. The Morgan fingerprint density at radius 2 is 2.00 bits per heavy atom. The quantitative estimate of drug-likeness (QED) is 0.695. The van der Waals surface area contributed by atoms with Crippen molar-refractivity contribution < 1.29 is 9.53 Å². The number of rotatable bonds is 4. The number of aromatic nitrogens is 2. The molecule has 0 atom stereocenters. The van der Waals surface area contributed by atoms with Gasteiger partial charge in [-0.3, -0.25) is 9.48 Å². The number of carbonyl (C=O) groups excluding carboxylic acids is 1.